The highest BCUT2D eigenvalue weighted by Gasteiger charge is 2.30. The number of carbonyl (C=O) groups is 1. The Morgan fingerprint density at radius 1 is 1.21 bits per heavy atom. The van der Waals surface area contributed by atoms with Gasteiger partial charge in [0, 0.05) is 12.2 Å². The molecule has 0 atom stereocenters. The van der Waals surface area contributed by atoms with Crippen LogP contribution in [0.4, 0.5) is 5.69 Å². The van der Waals surface area contributed by atoms with Gasteiger partial charge in [-0.3, -0.25) is 4.79 Å². The lowest BCUT2D eigenvalue weighted by atomic mass is 9.96. The van der Waals surface area contributed by atoms with Crippen LogP contribution in [0.3, 0.4) is 0 Å². The highest BCUT2D eigenvalue weighted by atomic mass is 32.2. The van der Waals surface area contributed by atoms with E-state index in [1.165, 1.54) is 0 Å². The van der Waals surface area contributed by atoms with Crippen LogP contribution in [0, 0.1) is 0 Å². The van der Waals surface area contributed by atoms with Gasteiger partial charge in [0.25, 0.3) is 5.91 Å². The monoisotopic (exact) mass is 346 g/mol. The largest absolute Gasteiger partial charge is 0.467 e. The average Bonchev–Trinajstić information content (AvgIpc) is 3.12. The van der Waals surface area contributed by atoms with Crippen LogP contribution in [-0.2, 0) is 6.54 Å². The van der Waals surface area contributed by atoms with Crippen molar-refractivity contribution in [3.05, 3.63) is 54.0 Å². The minimum atomic E-state index is -0.780. The van der Waals surface area contributed by atoms with Gasteiger partial charge in [-0.2, -0.15) is 11.8 Å². The number of hydrogen-bond donors (Lipinski definition) is 3. The second kappa shape index (κ2) is 7.77. The van der Waals surface area contributed by atoms with E-state index in [1.807, 2.05) is 42.1 Å². The van der Waals surface area contributed by atoms with E-state index in [0.717, 1.165) is 35.8 Å². The summed E-state index contributed by atoms with van der Waals surface area (Å²) < 4.78 is 5.30. The minimum absolute atomic E-state index is 0.177. The topological polar surface area (TPSA) is 74.5 Å². The summed E-state index contributed by atoms with van der Waals surface area (Å²) in [6, 6.07) is 11.1. The molecule has 0 bridgehead atoms. The molecule has 0 saturated carbocycles. The Hall–Kier alpha value is -1.92. The third kappa shape index (κ3) is 4.33. The van der Waals surface area contributed by atoms with Crippen LogP contribution < -0.4 is 10.6 Å². The zero-order valence-electron chi connectivity index (χ0n) is 13.5. The van der Waals surface area contributed by atoms with Crippen molar-refractivity contribution in [1.82, 2.24) is 5.32 Å². The summed E-state index contributed by atoms with van der Waals surface area (Å²) in [6.45, 7) is 0.803. The van der Waals surface area contributed by atoms with Crippen molar-refractivity contribution in [2.24, 2.45) is 0 Å². The van der Waals surface area contributed by atoms with Gasteiger partial charge in [-0.1, -0.05) is 12.1 Å². The Balaban J connectivity index is 1.61. The molecule has 0 aliphatic carbocycles. The van der Waals surface area contributed by atoms with Gasteiger partial charge in [0.1, 0.15) is 5.76 Å². The predicted molar refractivity (Wildman–Crippen MR) is 96.3 cm³/mol. The van der Waals surface area contributed by atoms with Gasteiger partial charge in [0.15, 0.2) is 0 Å². The molecule has 1 aliphatic rings. The third-order valence-electron chi connectivity index (χ3n) is 4.21. The zero-order valence-corrected chi connectivity index (χ0v) is 14.3. The van der Waals surface area contributed by atoms with Crippen LogP contribution in [0.25, 0.3) is 0 Å². The molecule has 1 aliphatic heterocycles. The Morgan fingerprint density at radius 2 is 2.00 bits per heavy atom. The molecular formula is C18H22N2O3S. The van der Waals surface area contributed by atoms with E-state index in [9.17, 15) is 9.90 Å². The molecule has 128 valence electrons. The van der Waals surface area contributed by atoms with Gasteiger partial charge in [-0.05, 0) is 48.6 Å². The summed E-state index contributed by atoms with van der Waals surface area (Å²) in [5.74, 6) is 2.50. The van der Waals surface area contributed by atoms with E-state index in [-0.39, 0.29) is 5.91 Å². The second-order valence-corrected chi connectivity index (χ2v) is 7.22. The van der Waals surface area contributed by atoms with Gasteiger partial charge < -0.3 is 20.2 Å². The van der Waals surface area contributed by atoms with Crippen molar-refractivity contribution in [3.8, 4) is 0 Å². The number of furan rings is 1. The highest BCUT2D eigenvalue weighted by molar-refractivity contribution is 7.99. The third-order valence-corrected chi connectivity index (χ3v) is 5.19. The van der Waals surface area contributed by atoms with Gasteiger partial charge in [0.05, 0.1) is 24.0 Å². The molecular weight excluding hydrogens is 324 g/mol. The lowest BCUT2D eigenvalue weighted by molar-refractivity contribution is 0.0311. The SMILES string of the molecule is O=C(NCC1(O)CCSCC1)c1ccccc1NCc1ccco1. The zero-order chi connectivity index (χ0) is 16.8. The molecule has 0 radical (unpaired) electrons. The van der Waals surface area contributed by atoms with Crippen molar-refractivity contribution < 1.29 is 14.3 Å². The lowest BCUT2D eigenvalue weighted by Crippen LogP contribution is -2.45. The molecule has 5 nitrogen and oxygen atoms in total. The predicted octanol–water partition coefficient (Wildman–Crippen LogP) is 2.88. The number of anilines is 1. The Labute approximate surface area is 145 Å². The molecule has 3 rings (SSSR count). The summed E-state index contributed by atoms with van der Waals surface area (Å²) in [6.07, 6.45) is 3.06. The van der Waals surface area contributed by atoms with Crippen LogP contribution in [0.1, 0.15) is 29.0 Å². The van der Waals surface area contributed by atoms with Crippen molar-refractivity contribution in [2.75, 3.05) is 23.4 Å². The molecule has 1 aromatic carbocycles. The van der Waals surface area contributed by atoms with E-state index in [4.69, 9.17) is 4.42 Å². The van der Waals surface area contributed by atoms with Crippen molar-refractivity contribution >= 4 is 23.4 Å². The highest BCUT2D eigenvalue weighted by Crippen LogP contribution is 2.26. The first kappa shape index (κ1) is 16.9. The molecule has 0 spiro atoms. The maximum atomic E-state index is 12.5. The van der Waals surface area contributed by atoms with Crippen LogP contribution in [0.5, 0.6) is 0 Å². The molecule has 0 unspecified atom stereocenters. The van der Waals surface area contributed by atoms with Crippen LogP contribution in [0.2, 0.25) is 0 Å². The first-order chi connectivity index (χ1) is 11.7. The summed E-state index contributed by atoms with van der Waals surface area (Å²) in [5.41, 5.74) is 0.535. The molecule has 1 aromatic heterocycles. The standard InChI is InChI=1S/C18H22N2O3S/c21-17(20-13-18(22)7-10-24-11-8-18)15-5-1-2-6-16(15)19-12-14-4-3-9-23-14/h1-6,9,19,22H,7-8,10-13H2,(H,20,21). The van der Waals surface area contributed by atoms with Gasteiger partial charge >= 0.3 is 0 Å². The fourth-order valence-corrected chi connectivity index (χ4v) is 3.95. The fraction of sp³-hybridized carbons (Fsp3) is 0.389. The van der Waals surface area contributed by atoms with Crippen molar-refractivity contribution in [1.29, 1.82) is 0 Å². The van der Waals surface area contributed by atoms with Gasteiger partial charge in [-0.15, -0.1) is 0 Å². The summed E-state index contributed by atoms with van der Waals surface area (Å²) >= 11 is 1.84. The van der Waals surface area contributed by atoms with E-state index in [2.05, 4.69) is 10.6 Å². The Bertz CT molecular complexity index is 667. The number of nitrogens with one attached hydrogen (secondary N) is 2. The number of carbonyl (C=O) groups excluding carboxylic acids is 1. The Kier molecular flexibility index (Phi) is 5.48. The van der Waals surface area contributed by atoms with E-state index in [1.54, 1.807) is 12.3 Å². The van der Waals surface area contributed by atoms with Gasteiger partial charge in [0.2, 0.25) is 0 Å². The number of hydrogen-bond acceptors (Lipinski definition) is 5. The second-order valence-electron chi connectivity index (χ2n) is 6.00. The van der Waals surface area contributed by atoms with Crippen molar-refractivity contribution in [2.45, 2.75) is 25.0 Å². The molecule has 3 N–H and O–H groups in total. The fourth-order valence-electron chi connectivity index (χ4n) is 2.70. The molecule has 1 fully saturated rings. The van der Waals surface area contributed by atoms with E-state index >= 15 is 0 Å². The first-order valence-electron chi connectivity index (χ1n) is 8.10. The number of aliphatic hydroxyl groups is 1. The van der Waals surface area contributed by atoms with Crippen LogP contribution in [-0.4, -0.2) is 34.7 Å². The summed E-state index contributed by atoms with van der Waals surface area (Å²) in [5, 5.41) is 16.6. The van der Waals surface area contributed by atoms with E-state index in [0.29, 0.717) is 18.7 Å². The van der Waals surface area contributed by atoms with Gasteiger partial charge in [-0.25, -0.2) is 0 Å². The smallest absolute Gasteiger partial charge is 0.253 e. The quantitative estimate of drug-likeness (QED) is 0.750. The number of amides is 1. The Morgan fingerprint density at radius 3 is 2.75 bits per heavy atom. The average molecular weight is 346 g/mol. The summed E-state index contributed by atoms with van der Waals surface area (Å²) in [4.78, 5) is 12.5. The maximum Gasteiger partial charge on any atom is 0.253 e. The lowest BCUT2D eigenvalue weighted by Gasteiger charge is -2.31. The number of rotatable bonds is 6. The number of para-hydroxylation sites is 1. The number of benzene rings is 1. The van der Waals surface area contributed by atoms with E-state index < -0.39 is 5.60 Å². The minimum Gasteiger partial charge on any atom is -0.467 e. The molecule has 6 heteroatoms. The number of thioether (sulfide) groups is 1. The van der Waals surface area contributed by atoms with Crippen molar-refractivity contribution in [3.63, 3.8) is 0 Å². The molecule has 1 saturated heterocycles. The molecule has 2 aromatic rings. The van der Waals surface area contributed by atoms with Crippen LogP contribution >= 0.6 is 11.8 Å². The first-order valence-corrected chi connectivity index (χ1v) is 9.25. The molecule has 24 heavy (non-hydrogen) atoms. The van der Waals surface area contributed by atoms with Crippen LogP contribution in [0.15, 0.2) is 47.1 Å². The molecule has 2 heterocycles. The molecule has 1 amide bonds. The summed E-state index contributed by atoms with van der Waals surface area (Å²) in [7, 11) is 0. The normalized spacial score (nSPS) is 16.5. The maximum absolute atomic E-state index is 12.5.